The minimum atomic E-state index is -1.02. The van der Waals surface area contributed by atoms with Crippen molar-refractivity contribution in [3.05, 3.63) is 311 Å². The van der Waals surface area contributed by atoms with Crippen molar-refractivity contribution in [2.45, 2.75) is 169 Å². The minimum Gasteiger partial charge on any atom is -0.519 e. The maximum absolute atomic E-state index is 13.6. The standard InChI is InChI=1S/C27H28BFN2O4.C20H26BFN2O4.C17H12BFN2O4.C17H20BFN2O4/c1-25(2)20-13-14-26(25,3)27(18-7-5-4-6-8-18)22(20)34-28(35-27)19-11-9-17(10-12-19)15-31-16-21(29)23(32)30-24(31)33;1-5-6-11-20(4)19(2,3)27-21(28-20)15-9-7-14(8-10-15)12-24-13-16(22)17(25)23-18(24)26;19-13-10-21(17(23)20-16(13)22)9-11-5-7-12(8-6-11)18-24-14-3-1-2-4-15(14)25-18;1-11-8-17(2,3)25-18(24-11)13-6-4-12(5-7-13)9-21-10-14(19)15(22)20-16(21)23/h4-12,16,20,22H,13-15H2,1-3H3,(H,30,32,33);7-10,13H,5-6,11-12H2,1-4H3,(H,23,25,26);1-8,10H,9H2,(H,20,22,23);4-7,10-11H,8-9H2,1-3H3,(H,20,22,23). The number of halogens is 4. The van der Waals surface area contributed by atoms with Gasteiger partial charge in [0.15, 0.2) is 0 Å². The monoisotopic (exact) mass is 1550 g/mol. The summed E-state index contributed by atoms with van der Waals surface area (Å²) in [6.07, 6.45) is 9.84. The normalized spacial score (nSPS) is 21.9. The van der Waals surface area contributed by atoms with Gasteiger partial charge >= 0.3 is 51.2 Å². The fourth-order valence-corrected chi connectivity index (χ4v) is 16.0. The summed E-state index contributed by atoms with van der Waals surface area (Å²) in [7, 11) is -1.93. The number of para-hydroxylation sites is 2. The molecule has 2 aliphatic carbocycles. The van der Waals surface area contributed by atoms with Gasteiger partial charge in [0.25, 0.3) is 22.2 Å². The lowest BCUT2D eigenvalue weighted by molar-refractivity contribution is -0.0800. The smallest absolute Gasteiger partial charge is 0.519 e. The predicted octanol–water partition coefficient (Wildman–Crippen LogP) is 7.29. The molecule has 0 radical (unpaired) electrons. The van der Waals surface area contributed by atoms with Crippen LogP contribution in [0.4, 0.5) is 17.6 Å². The SMILES string of the molecule is CC1(C)C2CCC1(C)C1(c3ccccc3)OB(c3ccc(Cn4cc(F)c(=O)[nH]c4=O)cc3)OC21.CC1CC(C)(C)OB(c2ccc(Cn3cc(F)c(=O)[nH]c3=O)cc2)O1.CCCCC1(C)OB(c2ccc(Cn3cc(F)c(=O)[nH]c3=O)cc2)OC1(C)C.O=c1[nH]c(=O)n(Cc2ccc(B3Oc4ccccc4O3)cc2)cc1F. The van der Waals surface area contributed by atoms with Gasteiger partial charge in [0.05, 0.1) is 73.9 Å². The number of nitrogens with one attached hydrogen (secondary N) is 4. The Bertz CT molecular complexity index is 5620. The molecule has 4 aliphatic heterocycles. The minimum absolute atomic E-state index is 0.0361. The summed E-state index contributed by atoms with van der Waals surface area (Å²) >= 11 is 0. The third-order valence-corrected chi connectivity index (χ3v) is 22.9. The zero-order valence-electron chi connectivity index (χ0n) is 64.2. The van der Waals surface area contributed by atoms with Gasteiger partial charge < -0.3 is 37.2 Å². The Morgan fingerprint density at radius 2 is 0.814 bits per heavy atom. The largest absolute Gasteiger partial charge is 0.632 e. The Hall–Kier alpha value is -10.6. The number of rotatable bonds is 16. The molecule has 5 fully saturated rings. The van der Waals surface area contributed by atoms with Crippen LogP contribution in [-0.2, 0) is 59.7 Å². The van der Waals surface area contributed by atoms with E-state index in [1.807, 2.05) is 170 Å². The Labute approximate surface area is 648 Å². The van der Waals surface area contributed by atoms with Gasteiger partial charge in [0.1, 0.15) is 17.1 Å². The summed E-state index contributed by atoms with van der Waals surface area (Å²) in [5.41, 5.74) is -0.400. The molecule has 3 saturated heterocycles. The maximum Gasteiger partial charge on any atom is 0.632 e. The number of hydrogen-bond donors (Lipinski definition) is 4. The number of aromatic nitrogens is 8. The number of hydrogen-bond acceptors (Lipinski definition) is 16. The highest BCUT2D eigenvalue weighted by Crippen LogP contribution is 2.76. The molecule has 24 nitrogen and oxygen atoms in total. The van der Waals surface area contributed by atoms with Crippen molar-refractivity contribution in [3.63, 3.8) is 0 Å². The van der Waals surface area contributed by atoms with E-state index in [1.54, 1.807) is 12.1 Å². The van der Waals surface area contributed by atoms with Crippen molar-refractivity contribution in [2.24, 2.45) is 16.7 Å². The van der Waals surface area contributed by atoms with Crippen LogP contribution in [0.25, 0.3) is 0 Å². The van der Waals surface area contributed by atoms with Gasteiger partial charge in [-0.25, -0.2) is 19.2 Å². The van der Waals surface area contributed by atoms with Crippen LogP contribution in [0.2, 0.25) is 0 Å². The molecule has 6 aliphatic rings. The van der Waals surface area contributed by atoms with E-state index in [4.69, 9.17) is 37.2 Å². The summed E-state index contributed by atoms with van der Waals surface area (Å²) in [6, 6.07) is 47.5. The van der Waals surface area contributed by atoms with Crippen LogP contribution in [0.3, 0.4) is 0 Å². The van der Waals surface area contributed by atoms with Gasteiger partial charge in [-0.15, -0.1) is 0 Å². The Kier molecular flexibility index (Phi) is 22.9. The van der Waals surface area contributed by atoms with Crippen LogP contribution in [0.1, 0.15) is 136 Å². The third-order valence-electron chi connectivity index (χ3n) is 22.9. The first-order valence-corrected chi connectivity index (χ1v) is 37.5. The second kappa shape index (κ2) is 32.1. The topological polar surface area (TPSA) is 293 Å². The summed E-state index contributed by atoms with van der Waals surface area (Å²) in [6.45, 7) is 22.1. The van der Waals surface area contributed by atoms with Crippen molar-refractivity contribution in [2.75, 3.05) is 0 Å². The summed E-state index contributed by atoms with van der Waals surface area (Å²) in [4.78, 5) is 99.6. The van der Waals surface area contributed by atoms with Crippen molar-refractivity contribution >= 4 is 50.3 Å². The lowest BCUT2D eigenvalue weighted by Gasteiger charge is -2.48. The zero-order chi connectivity index (χ0) is 80.7. The van der Waals surface area contributed by atoms with E-state index in [2.05, 4.69) is 58.9 Å². The lowest BCUT2D eigenvalue weighted by Crippen LogP contribution is -2.51. The van der Waals surface area contributed by atoms with Crippen LogP contribution >= 0.6 is 0 Å². The highest BCUT2D eigenvalue weighted by molar-refractivity contribution is 6.64. The Morgan fingerprint density at radius 1 is 0.442 bits per heavy atom. The molecule has 16 rings (SSSR count). The van der Waals surface area contributed by atoms with Crippen molar-refractivity contribution in [1.29, 1.82) is 0 Å². The molecular formula is C81H86B4F4N8O16. The van der Waals surface area contributed by atoms with Gasteiger partial charge in [-0.1, -0.05) is 180 Å². The first-order valence-electron chi connectivity index (χ1n) is 37.5. The average molecular weight is 1550 g/mol. The molecule has 10 aromatic rings. The molecule has 6 atom stereocenters. The molecule has 4 N–H and O–H groups in total. The molecule has 586 valence electrons. The summed E-state index contributed by atoms with van der Waals surface area (Å²) in [5, 5.41) is 0. The zero-order valence-corrected chi connectivity index (χ0v) is 64.2. The van der Waals surface area contributed by atoms with Crippen molar-refractivity contribution < 1.29 is 54.8 Å². The maximum atomic E-state index is 13.6. The molecule has 0 amide bonds. The molecule has 2 bridgehead atoms. The number of nitrogens with zero attached hydrogens (tertiary/aromatic N) is 4. The molecule has 2 saturated carbocycles. The van der Waals surface area contributed by atoms with Crippen LogP contribution < -0.4 is 76.2 Å². The third kappa shape index (κ3) is 16.6. The van der Waals surface area contributed by atoms with E-state index in [-0.39, 0.29) is 60.4 Å². The summed E-state index contributed by atoms with van der Waals surface area (Å²) < 4.78 is 108. The van der Waals surface area contributed by atoms with Crippen LogP contribution in [-0.4, -0.2) is 95.7 Å². The van der Waals surface area contributed by atoms with Gasteiger partial charge in [-0.2, -0.15) is 17.6 Å². The predicted molar refractivity (Wildman–Crippen MR) is 420 cm³/mol. The van der Waals surface area contributed by atoms with Crippen LogP contribution in [0.15, 0.2) is 215 Å². The average Bonchev–Trinajstić information content (AvgIpc) is 1.49. The molecule has 0 spiro atoms. The van der Waals surface area contributed by atoms with E-state index in [9.17, 15) is 55.9 Å². The van der Waals surface area contributed by atoms with Crippen LogP contribution in [0, 0.1) is 40.0 Å². The molecule has 6 aromatic carbocycles. The molecule has 113 heavy (non-hydrogen) atoms. The molecular weight excluding hydrogens is 1460 g/mol. The van der Waals surface area contributed by atoms with E-state index in [0.717, 1.165) is 126 Å². The number of aromatic amines is 4. The van der Waals surface area contributed by atoms with Gasteiger partial charge in [-0.3, -0.25) is 57.4 Å². The van der Waals surface area contributed by atoms with E-state index in [1.165, 1.54) is 5.56 Å². The van der Waals surface area contributed by atoms with E-state index < -0.39 is 108 Å². The highest BCUT2D eigenvalue weighted by atomic mass is 19.1. The Balaban J connectivity index is 0.000000133. The second-order valence-corrected chi connectivity index (χ2v) is 31.5. The second-order valence-electron chi connectivity index (χ2n) is 31.5. The fraction of sp³-hybridized carbons (Fsp3) is 0.358. The van der Waals surface area contributed by atoms with Crippen molar-refractivity contribution in [1.82, 2.24) is 38.2 Å². The number of unbranched alkanes of at least 4 members (excludes halogenated alkanes) is 1. The summed E-state index contributed by atoms with van der Waals surface area (Å²) in [5.74, 6) is -2.19. The number of benzene rings is 6. The molecule has 4 aromatic heterocycles. The molecule has 32 heteroatoms. The fourth-order valence-electron chi connectivity index (χ4n) is 16.0. The van der Waals surface area contributed by atoms with E-state index in [0.29, 0.717) is 17.4 Å². The lowest BCUT2D eigenvalue weighted by atomic mass is 9.61. The van der Waals surface area contributed by atoms with Gasteiger partial charge in [0.2, 0.25) is 23.3 Å². The quantitative estimate of drug-likeness (QED) is 0.0545. The molecule has 8 heterocycles. The van der Waals surface area contributed by atoms with E-state index >= 15 is 0 Å². The first kappa shape index (κ1) is 80.4. The first-order chi connectivity index (χ1) is 53.6. The van der Waals surface area contributed by atoms with Crippen molar-refractivity contribution in [3.8, 4) is 11.5 Å². The highest BCUT2D eigenvalue weighted by Gasteiger charge is 2.78. The van der Waals surface area contributed by atoms with Gasteiger partial charge in [-0.05, 0) is 135 Å². The molecule has 6 unspecified atom stereocenters. The number of H-pyrrole nitrogens is 4. The van der Waals surface area contributed by atoms with Crippen LogP contribution in [0.5, 0.6) is 11.5 Å². The number of fused-ring (bicyclic) bond motifs is 6. The van der Waals surface area contributed by atoms with Gasteiger partial charge in [0, 0.05) is 17.0 Å². The Morgan fingerprint density at radius 3 is 1.20 bits per heavy atom.